The fraction of sp³-hybridized carbons (Fsp3) is 0.524. The summed E-state index contributed by atoms with van der Waals surface area (Å²) < 4.78 is 15.5. The Labute approximate surface area is 159 Å². The van der Waals surface area contributed by atoms with Gasteiger partial charge >= 0.3 is 0 Å². The molecule has 5 nitrogen and oxygen atoms in total. The van der Waals surface area contributed by atoms with Crippen molar-refractivity contribution in [3.63, 3.8) is 0 Å². The maximum Gasteiger partial charge on any atom is 0.254 e. The van der Waals surface area contributed by atoms with Crippen molar-refractivity contribution in [3.05, 3.63) is 47.5 Å². The quantitative estimate of drug-likeness (QED) is 0.898. The van der Waals surface area contributed by atoms with Crippen LogP contribution >= 0.6 is 0 Å². The Morgan fingerprint density at radius 1 is 1.22 bits per heavy atom. The minimum absolute atomic E-state index is 0.122. The van der Waals surface area contributed by atoms with Crippen molar-refractivity contribution in [2.24, 2.45) is 5.92 Å². The molecule has 2 fully saturated rings. The van der Waals surface area contributed by atoms with Crippen LogP contribution in [0.15, 0.2) is 30.5 Å². The van der Waals surface area contributed by atoms with Crippen LogP contribution in [-0.4, -0.2) is 46.3 Å². The molecule has 0 unspecified atom stereocenters. The van der Waals surface area contributed by atoms with Crippen LogP contribution in [0.1, 0.15) is 48.2 Å². The maximum absolute atomic E-state index is 14.0. The number of fused-ring (bicyclic) bond motifs is 1. The van der Waals surface area contributed by atoms with Crippen molar-refractivity contribution in [1.82, 2.24) is 20.0 Å². The molecule has 0 spiro atoms. The average molecular weight is 370 g/mol. The number of hydrogen-bond acceptors (Lipinski definition) is 3. The first-order chi connectivity index (χ1) is 13.1. The molecular weight excluding hydrogens is 343 g/mol. The third kappa shape index (κ3) is 3.63. The molecule has 0 bridgehead atoms. The molecule has 2 aliphatic rings. The van der Waals surface area contributed by atoms with Gasteiger partial charge in [-0.05, 0) is 63.7 Å². The first-order valence-corrected chi connectivity index (χ1v) is 9.97. The smallest absolute Gasteiger partial charge is 0.254 e. The third-order valence-electron chi connectivity index (χ3n) is 6.09. The molecule has 1 amide bonds. The second kappa shape index (κ2) is 7.80. The van der Waals surface area contributed by atoms with Crippen molar-refractivity contribution in [3.8, 4) is 5.69 Å². The highest BCUT2D eigenvalue weighted by atomic mass is 19.1. The standard InChI is InChI=1S/C21H27FN4O/c1-15-17(14-24-26(15)20-10-3-2-8-18(20)22)21(27)23-13-16-7-6-12-25-11-5-4-9-19(16)25/h2-3,8,10,14,16,19H,4-7,9,11-13H2,1H3,(H,23,27)/t16-,19+/m0/s1. The van der Waals surface area contributed by atoms with E-state index in [1.807, 2.05) is 0 Å². The van der Waals surface area contributed by atoms with Gasteiger partial charge in [0.1, 0.15) is 11.5 Å². The molecular formula is C21H27FN4O. The third-order valence-corrected chi connectivity index (χ3v) is 6.09. The molecule has 2 saturated heterocycles. The molecule has 144 valence electrons. The molecule has 4 rings (SSSR count). The van der Waals surface area contributed by atoms with E-state index in [0.717, 1.165) is 0 Å². The van der Waals surface area contributed by atoms with Crippen molar-refractivity contribution < 1.29 is 9.18 Å². The van der Waals surface area contributed by atoms with E-state index in [0.29, 0.717) is 35.4 Å². The van der Waals surface area contributed by atoms with Gasteiger partial charge in [0.25, 0.3) is 5.91 Å². The Morgan fingerprint density at radius 3 is 2.89 bits per heavy atom. The minimum atomic E-state index is -0.352. The molecule has 0 radical (unpaired) electrons. The van der Waals surface area contributed by atoms with Crippen LogP contribution in [0.4, 0.5) is 4.39 Å². The van der Waals surface area contributed by atoms with Crippen LogP contribution in [0, 0.1) is 18.7 Å². The maximum atomic E-state index is 14.0. The van der Waals surface area contributed by atoms with E-state index >= 15 is 0 Å². The molecule has 1 aromatic heterocycles. The van der Waals surface area contributed by atoms with Crippen molar-refractivity contribution in [1.29, 1.82) is 0 Å². The number of hydrogen-bond donors (Lipinski definition) is 1. The van der Waals surface area contributed by atoms with E-state index < -0.39 is 0 Å². The lowest BCUT2D eigenvalue weighted by Crippen LogP contribution is -2.51. The van der Waals surface area contributed by atoms with E-state index in [9.17, 15) is 9.18 Å². The zero-order chi connectivity index (χ0) is 18.8. The van der Waals surface area contributed by atoms with Crippen LogP contribution in [0.5, 0.6) is 0 Å². The molecule has 0 aliphatic carbocycles. The summed E-state index contributed by atoms with van der Waals surface area (Å²) in [6, 6.07) is 7.07. The topological polar surface area (TPSA) is 50.2 Å². The molecule has 3 heterocycles. The highest BCUT2D eigenvalue weighted by Gasteiger charge is 2.33. The molecule has 2 atom stereocenters. The van der Waals surface area contributed by atoms with Crippen molar-refractivity contribution in [2.45, 2.75) is 45.1 Å². The number of amides is 1. The van der Waals surface area contributed by atoms with Crippen LogP contribution in [-0.2, 0) is 0 Å². The molecule has 1 aromatic carbocycles. The summed E-state index contributed by atoms with van der Waals surface area (Å²) in [5.41, 5.74) is 1.52. The van der Waals surface area contributed by atoms with Gasteiger partial charge in [-0.2, -0.15) is 5.10 Å². The van der Waals surface area contributed by atoms with Gasteiger partial charge in [0.2, 0.25) is 0 Å². The van der Waals surface area contributed by atoms with Gasteiger partial charge in [-0.3, -0.25) is 4.79 Å². The number of rotatable bonds is 4. The lowest BCUT2D eigenvalue weighted by atomic mass is 9.83. The average Bonchev–Trinajstić information content (AvgIpc) is 3.08. The lowest BCUT2D eigenvalue weighted by Gasteiger charge is -2.44. The van der Waals surface area contributed by atoms with Gasteiger partial charge in [-0.1, -0.05) is 18.6 Å². The number of aromatic nitrogens is 2. The first-order valence-electron chi connectivity index (χ1n) is 9.97. The number of halogens is 1. The largest absolute Gasteiger partial charge is 0.352 e. The second-order valence-electron chi connectivity index (χ2n) is 7.72. The number of nitrogens with zero attached hydrogens (tertiary/aromatic N) is 3. The Kier molecular flexibility index (Phi) is 5.25. The Hall–Kier alpha value is -2.21. The Bertz CT molecular complexity index is 816. The summed E-state index contributed by atoms with van der Waals surface area (Å²) in [5.74, 6) is 0.0446. The van der Waals surface area contributed by atoms with Crippen LogP contribution < -0.4 is 5.32 Å². The number of benzene rings is 1. The SMILES string of the molecule is Cc1c(C(=O)NC[C@@H]2CCCN3CCCC[C@H]23)cnn1-c1ccccc1F. The molecule has 2 aliphatic heterocycles. The fourth-order valence-corrected chi connectivity index (χ4v) is 4.63. The molecule has 6 heteroatoms. The Morgan fingerprint density at radius 2 is 2.04 bits per heavy atom. The van der Waals surface area contributed by atoms with E-state index in [-0.39, 0.29) is 11.7 Å². The minimum Gasteiger partial charge on any atom is -0.352 e. The van der Waals surface area contributed by atoms with Crippen LogP contribution in [0.25, 0.3) is 5.69 Å². The molecule has 2 aromatic rings. The predicted molar refractivity (Wildman–Crippen MR) is 103 cm³/mol. The summed E-state index contributed by atoms with van der Waals surface area (Å²) in [6.07, 6.45) is 7.75. The molecule has 1 N–H and O–H groups in total. The van der Waals surface area contributed by atoms with Crippen molar-refractivity contribution in [2.75, 3.05) is 19.6 Å². The zero-order valence-corrected chi connectivity index (χ0v) is 15.8. The number of carbonyl (C=O) groups excluding carboxylic acids is 1. The number of nitrogens with one attached hydrogen (secondary N) is 1. The van der Waals surface area contributed by atoms with Gasteiger partial charge in [-0.25, -0.2) is 9.07 Å². The first kappa shape index (κ1) is 18.2. The summed E-state index contributed by atoms with van der Waals surface area (Å²) in [7, 11) is 0. The van der Waals surface area contributed by atoms with Crippen LogP contribution in [0.2, 0.25) is 0 Å². The van der Waals surface area contributed by atoms with Crippen LogP contribution in [0.3, 0.4) is 0 Å². The lowest BCUT2D eigenvalue weighted by molar-refractivity contribution is 0.0575. The van der Waals surface area contributed by atoms with Gasteiger partial charge in [0, 0.05) is 12.6 Å². The summed E-state index contributed by atoms with van der Waals surface area (Å²) in [6.45, 7) is 4.90. The summed E-state index contributed by atoms with van der Waals surface area (Å²) in [4.78, 5) is 15.3. The van der Waals surface area contributed by atoms with E-state index in [4.69, 9.17) is 0 Å². The number of para-hydroxylation sites is 1. The summed E-state index contributed by atoms with van der Waals surface area (Å²) >= 11 is 0. The van der Waals surface area contributed by atoms with Gasteiger partial charge in [0.15, 0.2) is 0 Å². The number of carbonyl (C=O) groups is 1. The van der Waals surface area contributed by atoms with Gasteiger partial charge in [0.05, 0.1) is 17.5 Å². The predicted octanol–water partition coefficient (Wildman–Crippen LogP) is 3.31. The van der Waals surface area contributed by atoms with E-state index in [2.05, 4.69) is 15.3 Å². The fourth-order valence-electron chi connectivity index (χ4n) is 4.63. The number of piperidine rings is 2. The van der Waals surface area contributed by atoms with Gasteiger partial charge < -0.3 is 10.2 Å². The van der Waals surface area contributed by atoms with E-state index in [1.54, 1.807) is 25.1 Å². The highest BCUT2D eigenvalue weighted by Crippen LogP contribution is 2.30. The molecule has 27 heavy (non-hydrogen) atoms. The van der Waals surface area contributed by atoms with Crippen molar-refractivity contribution >= 4 is 5.91 Å². The normalized spacial score (nSPS) is 23.0. The monoisotopic (exact) mass is 370 g/mol. The second-order valence-corrected chi connectivity index (χ2v) is 7.72. The molecule has 0 saturated carbocycles. The Balaban J connectivity index is 1.44. The highest BCUT2D eigenvalue weighted by molar-refractivity contribution is 5.95. The summed E-state index contributed by atoms with van der Waals surface area (Å²) in [5, 5.41) is 7.35. The van der Waals surface area contributed by atoms with E-state index in [1.165, 1.54) is 62.1 Å². The zero-order valence-electron chi connectivity index (χ0n) is 15.8. The van der Waals surface area contributed by atoms with Gasteiger partial charge in [-0.15, -0.1) is 0 Å².